The summed E-state index contributed by atoms with van der Waals surface area (Å²) >= 11 is 0. The molecule has 0 aliphatic heterocycles. The van der Waals surface area contributed by atoms with E-state index in [-0.39, 0.29) is 24.8 Å². The van der Waals surface area contributed by atoms with Crippen molar-refractivity contribution >= 4 is 0 Å². The summed E-state index contributed by atoms with van der Waals surface area (Å²) in [5, 5.41) is 3.39. The number of halogens is 2. The molecule has 3 nitrogen and oxygen atoms in total. The van der Waals surface area contributed by atoms with Crippen LogP contribution in [0.25, 0.3) is 0 Å². The molecule has 2 rings (SSSR count). The van der Waals surface area contributed by atoms with Gasteiger partial charge in [-0.25, -0.2) is 13.8 Å². The minimum absolute atomic E-state index is 0.0258. The fourth-order valence-electron chi connectivity index (χ4n) is 2.65. The van der Waals surface area contributed by atoms with Gasteiger partial charge in [0.05, 0.1) is 6.04 Å². The van der Waals surface area contributed by atoms with E-state index in [1.165, 1.54) is 0 Å². The molecule has 1 aromatic heterocycles. The molecule has 1 aliphatic carbocycles. The van der Waals surface area contributed by atoms with E-state index in [9.17, 15) is 8.78 Å². The highest BCUT2D eigenvalue weighted by atomic mass is 19.3. The smallest absolute Gasteiger partial charge is 0.248 e. The van der Waals surface area contributed by atoms with Crippen LogP contribution in [0.4, 0.5) is 8.78 Å². The summed E-state index contributed by atoms with van der Waals surface area (Å²) in [4.78, 5) is 7.32. The SMILES string of the molecule is CCCNC(CC1CCC(F)(F)C1)c1ncc[nH]1. The van der Waals surface area contributed by atoms with Gasteiger partial charge < -0.3 is 10.3 Å². The maximum absolute atomic E-state index is 13.2. The number of hydrogen-bond donors (Lipinski definition) is 2. The van der Waals surface area contributed by atoms with Crippen molar-refractivity contribution in [3.63, 3.8) is 0 Å². The lowest BCUT2D eigenvalue weighted by atomic mass is 9.97. The summed E-state index contributed by atoms with van der Waals surface area (Å²) < 4.78 is 26.4. The number of rotatable bonds is 6. The lowest BCUT2D eigenvalue weighted by Crippen LogP contribution is -2.25. The third kappa shape index (κ3) is 3.51. The molecule has 5 heteroatoms. The first-order valence-electron chi connectivity index (χ1n) is 6.71. The van der Waals surface area contributed by atoms with Crippen LogP contribution < -0.4 is 5.32 Å². The van der Waals surface area contributed by atoms with Crippen LogP contribution >= 0.6 is 0 Å². The van der Waals surface area contributed by atoms with Gasteiger partial charge in [-0.3, -0.25) is 0 Å². The molecule has 0 radical (unpaired) electrons. The van der Waals surface area contributed by atoms with E-state index < -0.39 is 5.92 Å². The number of H-pyrrole nitrogens is 1. The third-order valence-electron chi connectivity index (χ3n) is 3.56. The highest BCUT2D eigenvalue weighted by Crippen LogP contribution is 2.42. The van der Waals surface area contributed by atoms with E-state index in [0.717, 1.165) is 25.2 Å². The summed E-state index contributed by atoms with van der Waals surface area (Å²) in [5.74, 6) is -1.50. The monoisotopic (exact) mass is 257 g/mol. The molecule has 0 aromatic carbocycles. The Morgan fingerprint density at radius 1 is 1.61 bits per heavy atom. The molecular weight excluding hydrogens is 236 g/mol. The predicted molar refractivity (Wildman–Crippen MR) is 66.5 cm³/mol. The van der Waals surface area contributed by atoms with Gasteiger partial charge in [-0.15, -0.1) is 0 Å². The van der Waals surface area contributed by atoms with Crippen molar-refractivity contribution in [2.24, 2.45) is 5.92 Å². The summed E-state index contributed by atoms with van der Waals surface area (Å²) in [5.41, 5.74) is 0. The largest absolute Gasteiger partial charge is 0.347 e. The molecule has 18 heavy (non-hydrogen) atoms. The van der Waals surface area contributed by atoms with Gasteiger partial charge >= 0.3 is 0 Å². The predicted octanol–water partition coefficient (Wildman–Crippen LogP) is 3.28. The Morgan fingerprint density at radius 3 is 3.00 bits per heavy atom. The molecule has 0 bridgehead atoms. The molecule has 102 valence electrons. The van der Waals surface area contributed by atoms with Crippen LogP contribution in [0.3, 0.4) is 0 Å². The summed E-state index contributed by atoms with van der Waals surface area (Å²) in [6.07, 6.45) is 5.94. The highest BCUT2D eigenvalue weighted by molar-refractivity contribution is 4.97. The van der Waals surface area contributed by atoms with Crippen LogP contribution in [0.15, 0.2) is 12.4 Å². The molecule has 1 saturated carbocycles. The maximum Gasteiger partial charge on any atom is 0.248 e. The Morgan fingerprint density at radius 2 is 2.44 bits per heavy atom. The summed E-state index contributed by atoms with van der Waals surface area (Å²) in [7, 11) is 0. The third-order valence-corrected chi connectivity index (χ3v) is 3.56. The first-order chi connectivity index (χ1) is 8.61. The number of aromatic nitrogens is 2. The van der Waals surface area contributed by atoms with E-state index in [0.29, 0.717) is 6.42 Å². The van der Waals surface area contributed by atoms with Crippen molar-refractivity contribution in [1.29, 1.82) is 0 Å². The van der Waals surface area contributed by atoms with Gasteiger partial charge in [-0.2, -0.15) is 0 Å². The Labute approximate surface area is 106 Å². The van der Waals surface area contributed by atoms with Crippen LogP contribution in [0.1, 0.15) is 50.9 Å². The Kier molecular flexibility index (Phi) is 4.32. The standard InChI is InChI=1S/C13H21F2N3/c1-2-5-16-11(12-17-6-7-18-12)8-10-3-4-13(14,15)9-10/h6-7,10-11,16H,2-5,8-9H2,1H3,(H,17,18). The van der Waals surface area contributed by atoms with Crippen LogP contribution in [0.5, 0.6) is 0 Å². The maximum atomic E-state index is 13.2. The Bertz CT molecular complexity index is 351. The molecule has 2 atom stereocenters. The molecule has 0 saturated heterocycles. The normalized spacial score (nSPS) is 24.3. The van der Waals surface area contributed by atoms with Gasteiger partial charge in [0, 0.05) is 25.2 Å². The number of imidazole rings is 1. The molecule has 1 aromatic rings. The fraction of sp³-hybridized carbons (Fsp3) is 0.769. The van der Waals surface area contributed by atoms with Crippen molar-refractivity contribution in [3.05, 3.63) is 18.2 Å². The zero-order chi connectivity index (χ0) is 13.0. The van der Waals surface area contributed by atoms with Gasteiger partial charge in [-0.05, 0) is 31.7 Å². The van der Waals surface area contributed by atoms with Crippen LogP contribution in [0.2, 0.25) is 0 Å². The molecule has 1 fully saturated rings. The summed E-state index contributed by atoms with van der Waals surface area (Å²) in [6, 6.07) is 0.0684. The van der Waals surface area contributed by atoms with E-state index in [1.807, 2.05) is 0 Å². The van der Waals surface area contributed by atoms with Gasteiger partial charge in [-0.1, -0.05) is 6.92 Å². The van der Waals surface area contributed by atoms with Crippen molar-refractivity contribution < 1.29 is 8.78 Å². The first kappa shape index (κ1) is 13.5. The average molecular weight is 257 g/mol. The minimum Gasteiger partial charge on any atom is -0.347 e. The van der Waals surface area contributed by atoms with Crippen molar-refractivity contribution in [2.45, 2.75) is 51.0 Å². The van der Waals surface area contributed by atoms with E-state index in [1.54, 1.807) is 12.4 Å². The molecule has 0 amide bonds. The number of nitrogens with one attached hydrogen (secondary N) is 2. The van der Waals surface area contributed by atoms with Crippen LogP contribution in [-0.4, -0.2) is 22.4 Å². The number of nitrogens with zero attached hydrogens (tertiary/aromatic N) is 1. The number of hydrogen-bond acceptors (Lipinski definition) is 2. The van der Waals surface area contributed by atoms with Gasteiger partial charge in [0.15, 0.2) is 0 Å². The zero-order valence-corrected chi connectivity index (χ0v) is 10.8. The number of alkyl halides is 2. The minimum atomic E-state index is -2.46. The quantitative estimate of drug-likeness (QED) is 0.821. The second kappa shape index (κ2) is 5.78. The van der Waals surface area contributed by atoms with Crippen LogP contribution in [-0.2, 0) is 0 Å². The average Bonchev–Trinajstić information content (AvgIpc) is 2.94. The van der Waals surface area contributed by atoms with Gasteiger partial charge in [0.25, 0.3) is 0 Å². The lowest BCUT2D eigenvalue weighted by molar-refractivity contribution is 0.00427. The van der Waals surface area contributed by atoms with Gasteiger partial charge in [0.2, 0.25) is 5.92 Å². The first-order valence-corrected chi connectivity index (χ1v) is 6.71. The Balaban J connectivity index is 1.93. The van der Waals surface area contributed by atoms with Crippen molar-refractivity contribution in [3.8, 4) is 0 Å². The second-order valence-electron chi connectivity index (χ2n) is 5.18. The Hall–Kier alpha value is -0.970. The van der Waals surface area contributed by atoms with Crippen LogP contribution in [0, 0.1) is 5.92 Å². The zero-order valence-electron chi connectivity index (χ0n) is 10.8. The highest BCUT2D eigenvalue weighted by Gasteiger charge is 2.40. The molecule has 2 unspecified atom stereocenters. The summed E-state index contributed by atoms with van der Waals surface area (Å²) in [6.45, 7) is 2.98. The molecule has 2 N–H and O–H groups in total. The molecule has 1 aliphatic rings. The molecule has 1 heterocycles. The van der Waals surface area contributed by atoms with Crippen molar-refractivity contribution in [1.82, 2.24) is 15.3 Å². The van der Waals surface area contributed by atoms with Gasteiger partial charge in [0.1, 0.15) is 5.82 Å². The topological polar surface area (TPSA) is 40.7 Å². The van der Waals surface area contributed by atoms with Crippen molar-refractivity contribution in [2.75, 3.05) is 6.54 Å². The van der Waals surface area contributed by atoms with E-state index >= 15 is 0 Å². The van der Waals surface area contributed by atoms with E-state index in [4.69, 9.17) is 0 Å². The molecular formula is C13H21F2N3. The molecule has 0 spiro atoms. The van der Waals surface area contributed by atoms with E-state index in [2.05, 4.69) is 22.2 Å². The number of aromatic amines is 1. The lowest BCUT2D eigenvalue weighted by Gasteiger charge is -2.20. The second-order valence-corrected chi connectivity index (χ2v) is 5.18. The fourth-order valence-corrected chi connectivity index (χ4v) is 2.65.